The Morgan fingerprint density at radius 2 is 1.75 bits per heavy atom. The molecule has 4 rings (SSSR count). The van der Waals surface area contributed by atoms with E-state index in [0.717, 1.165) is 9.87 Å². The smallest absolute Gasteiger partial charge is 0.262 e. The fraction of sp³-hybridized carbons (Fsp3) is 0.320. The number of nitrogens with zero attached hydrogens (tertiary/aromatic N) is 3. The second-order valence-electron chi connectivity index (χ2n) is 8.13. The minimum absolute atomic E-state index is 0.0436. The molecule has 0 saturated carbocycles. The van der Waals surface area contributed by atoms with Gasteiger partial charge in [-0.15, -0.1) is 0 Å². The van der Waals surface area contributed by atoms with Crippen LogP contribution < -0.4 is 10.2 Å². The largest absolute Gasteiger partial charge is 0.494 e. The predicted octanol–water partition coefficient (Wildman–Crippen LogP) is 2.26. The Kier molecular flexibility index (Phi) is 8.60. The van der Waals surface area contributed by atoms with Crippen LogP contribution in [-0.2, 0) is 44.0 Å². The number of hydrogen-bond acceptors (Lipinski definition) is 8. The highest BCUT2D eigenvalue weighted by atomic mass is 32.2. The molecular formula is C25H28N4O6S. The summed E-state index contributed by atoms with van der Waals surface area (Å²) in [5.41, 5.74) is 4.36. The summed E-state index contributed by atoms with van der Waals surface area (Å²) in [4.78, 5) is 27.1. The van der Waals surface area contributed by atoms with Gasteiger partial charge in [0.2, 0.25) is 10.0 Å². The van der Waals surface area contributed by atoms with Crippen molar-refractivity contribution in [1.29, 1.82) is 0 Å². The Labute approximate surface area is 210 Å². The molecule has 1 amide bonds. The molecular weight excluding hydrogens is 484 g/mol. The van der Waals surface area contributed by atoms with Crippen molar-refractivity contribution in [2.75, 3.05) is 20.3 Å². The number of hydrogen-bond donors (Lipinski definition) is 1. The molecule has 0 fully saturated rings. The molecule has 190 valence electrons. The number of ether oxygens (including phenoxy) is 2. The molecule has 0 radical (unpaired) electrons. The van der Waals surface area contributed by atoms with Crippen LogP contribution in [0.4, 0.5) is 0 Å². The van der Waals surface area contributed by atoms with Gasteiger partial charge in [-0.2, -0.15) is 4.31 Å². The van der Waals surface area contributed by atoms with Crippen molar-refractivity contribution < 1.29 is 27.5 Å². The van der Waals surface area contributed by atoms with Crippen molar-refractivity contribution >= 4 is 15.9 Å². The van der Waals surface area contributed by atoms with Crippen molar-refractivity contribution in [3.8, 4) is 5.75 Å². The summed E-state index contributed by atoms with van der Waals surface area (Å²) in [6, 6.07) is 14.4. The first-order valence-electron chi connectivity index (χ1n) is 11.5. The lowest BCUT2D eigenvalue weighted by Gasteiger charge is -2.33. The van der Waals surface area contributed by atoms with E-state index in [1.54, 1.807) is 19.2 Å². The van der Waals surface area contributed by atoms with Crippen LogP contribution in [0.2, 0.25) is 0 Å². The first kappa shape index (κ1) is 25.7. The van der Waals surface area contributed by atoms with Crippen LogP contribution in [0.5, 0.6) is 5.75 Å². The monoisotopic (exact) mass is 512 g/mol. The van der Waals surface area contributed by atoms with Gasteiger partial charge in [-0.05, 0) is 29.8 Å². The number of amides is 1. The number of carbonyl (C=O) groups is 1. The van der Waals surface area contributed by atoms with Crippen LogP contribution in [0, 0.1) is 0 Å². The highest BCUT2D eigenvalue weighted by Gasteiger charge is 2.41. The number of methoxy groups -OCH3 is 1. The van der Waals surface area contributed by atoms with E-state index in [9.17, 15) is 13.2 Å². The van der Waals surface area contributed by atoms with Gasteiger partial charge < -0.3 is 9.47 Å². The number of hydroxylamine groups is 1. The van der Waals surface area contributed by atoms with Crippen molar-refractivity contribution in [2.24, 2.45) is 0 Å². The molecule has 1 N–H and O–H groups in total. The molecule has 10 nitrogen and oxygen atoms in total. The lowest BCUT2D eigenvalue weighted by Crippen LogP contribution is -2.52. The van der Waals surface area contributed by atoms with E-state index in [0.29, 0.717) is 36.8 Å². The van der Waals surface area contributed by atoms with Gasteiger partial charge in [0.15, 0.2) is 0 Å². The van der Waals surface area contributed by atoms with Gasteiger partial charge in [0.1, 0.15) is 11.8 Å². The molecule has 1 aliphatic rings. The van der Waals surface area contributed by atoms with Crippen molar-refractivity contribution in [3.63, 3.8) is 0 Å². The number of carbonyl (C=O) groups excluding carboxylic acids is 1. The zero-order valence-electron chi connectivity index (χ0n) is 19.9. The first-order valence-corrected chi connectivity index (χ1v) is 12.9. The van der Waals surface area contributed by atoms with Gasteiger partial charge in [-0.25, -0.2) is 13.9 Å². The molecule has 0 spiro atoms. The second-order valence-corrected chi connectivity index (χ2v) is 10.0. The van der Waals surface area contributed by atoms with Crippen molar-refractivity contribution in [2.45, 2.75) is 36.9 Å². The number of fused-ring (bicyclic) bond motifs is 1. The topological polar surface area (TPSA) is 120 Å². The highest BCUT2D eigenvalue weighted by Crippen LogP contribution is 2.28. The van der Waals surface area contributed by atoms with E-state index in [1.165, 1.54) is 24.5 Å². The molecule has 36 heavy (non-hydrogen) atoms. The van der Waals surface area contributed by atoms with Crippen LogP contribution in [0.1, 0.15) is 23.4 Å². The fourth-order valence-electron chi connectivity index (χ4n) is 3.79. The SMILES string of the molecule is COCCCOc1ccc(S(=O)(=O)N2Cc3nccnc3CC2C(=O)NOCc2ccccc2)cc1. The Balaban J connectivity index is 1.50. The molecule has 0 bridgehead atoms. The minimum Gasteiger partial charge on any atom is -0.494 e. The van der Waals surface area contributed by atoms with E-state index >= 15 is 0 Å². The third-order valence-corrected chi connectivity index (χ3v) is 7.52. The average molecular weight is 513 g/mol. The maximum Gasteiger partial charge on any atom is 0.262 e. The van der Waals surface area contributed by atoms with Gasteiger partial charge in [0, 0.05) is 39.0 Å². The summed E-state index contributed by atoms with van der Waals surface area (Å²) in [6.45, 7) is 1.09. The summed E-state index contributed by atoms with van der Waals surface area (Å²) >= 11 is 0. The number of nitrogens with one attached hydrogen (secondary N) is 1. The predicted molar refractivity (Wildman–Crippen MR) is 130 cm³/mol. The van der Waals surface area contributed by atoms with Crippen LogP contribution in [0.3, 0.4) is 0 Å². The van der Waals surface area contributed by atoms with E-state index in [4.69, 9.17) is 14.3 Å². The number of benzene rings is 2. The third-order valence-electron chi connectivity index (χ3n) is 5.65. The van der Waals surface area contributed by atoms with Crippen LogP contribution >= 0.6 is 0 Å². The maximum atomic E-state index is 13.6. The molecule has 1 unspecified atom stereocenters. The summed E-state index contributed by atoms with van der Waals surface area (Å²) in [5.74, 6) is -0.0348. The molecule has 1 atom stereocenters. The number of rotatable bonds is 11. The molecule has 2 heterocycles. The zero-order valence-corrected chi connectivity index (χ0v) is 20.7. The van der Waals surface area contributed by atoms with E-state index in [1.807, 2.05) is 30.3 Å². The Morgan fingerprint density at radius 1 is 1.03 bits per heavy atom. The quantitative estimate of drug-likeness (QED) is 0.307. The Morgan fingerprint density at radius 3 is 2.47 bits per heavy atom. The molecule has 3 aromatic rings. The summed E-state index contributed by atoms with van der Waals surface area (Å²) in [5, 5.41) is 0. The molecule has 1 aromatic heterocycles. The molecule has 11 heteroatoms. The average Bonchev–Trinajstić information content (AvgIpc) is 2.91. The van der Waals surface area contributed by atoms with Crippen LogP contribution in [0.15, 0.2) is 71.9 Å². The van der Waals surface area contributed by atoms with Crippen LogP contribution in [0.25, 0.3) is 0 Å². The van der Waals surface area contributed by atoms with Crippen molar-refractivity contribution in [1.82, 2.24) is 19.8 Å². The highest BCUT2D eigenvalue weighted by molar-refractivity contribution is 7.89. The Bertz CT molecular complexity index is 1260. The maximum absolute atomic E-state index is 13.6. The van der Waals surface area contributed by atoms with Gasteiger partial charge in [0.05, 0.1) is 36.0 Å². The van der Waals surface area contributed by atoms with Gasteiger partial charge in [0.25, 0.3) is 5.91 Å². The van der Waals surface area contributed by atoms with E-state index in [-0.39, 0.29) is 24.5 Å². The lowest BCUT2D eigenvalue weighted by molar-refractivity contribution is -0.139. The molecule has 0 aliphatic carbocycles. The minimum atomic E-state index is -4.05. The lowest BCUT2D eigenvalue weighted by atomic mass is 10.0. The standard InChI is InChI=1S/C25H28N4O6S/c1-33-14-5-15-34-20-8-10-21(11-9-20)36(31,32)29-17-23-22(26-12-13-27-23)16-24(29)25(30)28-35-18-19-6-3-2-4-7-19/h2-4,6-13,24H,5,14-18H2,1H3,(H,28,30). The summed E-state index contributed by atoms with van der Waals surface area (Å²) < 4.78 is 39.0. The van der Waals surface area contributed by atoms with E-state index in [2.05, 4.69) is 15.4 Å². The molecule has 2 aromatic carbocycles. The van der Waals surface area contributed by atoms with Gasteiger partial charge in [-0.3, -0.25) is 19.6 Å². The van der Waals surface area contributed by atoms with Crippen LogP contribution in [-0.4, -0.2) is 55.0 Å². The van der Waals surface area contributed by atoms with Gasteiger partial charge in [-0.1, -0.05) is 30.3 Å². The third kappa shape index (κ3) is 6.24. The fourth-order valence-corrected chi connectivity index (χ4v) is 5.33. The molecule has 0 saturated heterocycles. The van der Waals surface area contributed by atoms with Crippen molar-refractivity contribution in [3.05, 3.63) is 83.9 Å². The second kappa shape index (κ2) is 12.0. The summed E-state index contributed by atoms with van der Waals surface area (Å²) in [6.07, 6.45) is 3.81. The number of aromatic nitrogens is 2. The number of sulfonamides is 1. The normalized spacial score (nSPS) is 15.8. The van der Waals surface area contributed by atoms with E-state index < -0.39 is 22.0 Å². The molecule has 1 aliphatic heterocycles. The first-order chi connectivity index (χ1) is 17.5. The zero-order chi connectivity index (χ0) is 25.4. The van der Waals surface area contributed by atoms with Gasteiger partial charge >= 0.3 is 0 Å². The Hall–Kier alpha value is -3.38. The summed E-state index contributed by atoms with van der Waals surface area (Å²) in [7, 11) is -2.43.